The first-order valence-electron chi connectivity index (χ1n) is 7.27. The third-order valence-electron chi connectivity index (χ3n) is 3.17. The van der Waals surface area contributed by atoms with E-state index in [0.29, 0.717) is 0 Å². The Bertz CT molecular complexity index is 686. The third-order valence-corrected chi connectivity index (χ3v) is 4.87. The Hall–Kier alpha value is -1.97. The highest BCUT2D eigenvalue weighted by Gasteiger charge is 2.22. The molecular formula is C15H23N3O5S. The van der Waals surface area contributed by atoms with Gasteiger partial charge in [-0.05, 0) is 38.1 Å². The molecule has 0 saturated carbocycles. The molecule has 9 heteroatoms. The average molecular weight is 357 g/mol. The van der Waals surface area contributed by atoms with Gasteiger partial charge in [-0.1, -0.05) is 4.47 Å². The van der Waals surface area contributed by atoms with Gasteiger partial charge >= 0.3 is 0 Å². The number of carbonyl (C=O) groups is 2. The minimum Gasteiger partial charge on any atom is -0.352 e. The monoisotopic (exact) mass is 357 g/mol. The highest BCUT2D eigenvalue weighted by Crippen LogP contribution is 2.15. The minimum absolute atomic E-state index is 0.00334. The number of hydrogen-bond donors (Lipinski definition) is 1. The molecule has 0 atom stereocenters. The summed E-state index contributed by atoms with van der Waals surface area (Å²) in [5, 5.41) is 2.70. The average Bonchev–Trinajstić information content (AvgIpc) is 2.52. The highest BCUT2D eigenvalue weighted by molar-refractivity contribution is 7.89. The summed E-state index contributed by atoms with van der Waals surface area (Å²) in [5.74, 6) is -0.639. The van der Waals surface area contributed by atoms with Gasteiger partial charge in [0.15, 0.2) is 0 Å². The summed E-state index contributed by atoms with van der Waals surface area (Å²) in [7, 11) is 0.259. The molecule has 24 heavy (non-hydrogen) atoms. The molecule has 0 aliphatic carbocycles. The smallest absolute Gasteiger partial charge is 0.264 e. The van der Waals surface area contributed by atoms with Crippen molar-refractivity contribution in [1.82, 2.24) is 14.7 Å². The molecule has 8 nitrogen and oxygen atoms in total. The summed E-state index contributed by atoms with van der Waals surface area (Å²) < 4.78 is 24.9. The number of sulfonamides is 1. The summed E-state index contributed by atoms with van der Waals surface area (Å²) in [6.07, 6.45) is 0. The fourth-order valence-electron chi connectivity index (χ4n) is 1.89. The van der Waals surface area contributed by atoms with Gasteiger partial charge in [0.25, 0.3) is 15.9 Å². The van der Waals surface area contributed by atoms with Crippen LogP contribution in [-0.2, 0) is 19.7 Å². The first kappa shape index (κ1) is 20.1. The van der Waals surface area contributed by atoms with E-state index in [1.54, 1.807) is 0 Å². The number of amides is 2. The first-order valence-corrected chi connectivity index (χ1v) is 8.71. The lowest BCUT2D eigenvalue weighted by molar-refractivity contribution is -0.122. The number of likely N-dealkylation sites (N-methyl/N-ethyl adjacent to an activating group) is 1. The molecule has 1 rings (SSSR count). The van der Waals surface area contributed by atoms with Crippen molar-refractivity contribution in [2.45, 2.75) is 24.8 Å². The lowest BCUT2D eigenvalue weighted by Gasteiger charge is -2.18. The molecule has 0 aromatic heterocycles. The largest absolute Gasteiger partial charge is 0.352 e. The van der Waals surface area contributed by atoms with Crippen LogP contribution in [0.15, 0.2) is 29.2 Å². The van der Waals surface area contributed by atoms with E-state index in [0.717, 1.165) is 4.47 Å². The van der Waals surface area contributed by atoms with E-state index >= 15 is 0 Å². The van der Waals surface area contributed by atoms with Gasteiger partial charge in [-0.3, -0.25) is 14.4 Å². The standard InChI is InChI=1S/C15H23N3O5S/c1-11(2)16-14(19)10-17(3)15(20)12-6-8-13(9-7-12)24(21,22)18(4)23-5/h6-9,11H,10H2,1-5H3,(H,16,19). The number of hydroxylamine groups is 1. The molecule has 1 aromatic rings. The third kappa shape index (κ3) is 5.02. The van der Waals surface area contributed by atoms with Crippen LogP contribution in [-0.4, -0.2) is 63.4 Å². The number of hydrogen-bond acceptors (Lipinski definition) is 5. The van der Waals surface area contributed by atoms with Crippen molar-refractivity contribution in [3.63, 3.8) is 0 Å². The summed E-state index contributed by atoms with van der Waals surface area (Å²) >= 11 is 0. The van der Waals surface area contributed by atoms with Gasteiger partial charge < -0.3 is 10.2 Å². The van der Waals surface area contributed by atoms with E-state index < -0.39 is 10.0 Å². The summed E-state index contributed by atoms with van der Waals surface area (Å²) in [6.45, 7) is 3.58. The second-order valence-electron chi connectivity index (χ2n) is 5.51. The van der Waals surface area contributed by atoms with Crippen molar-refractivity contribution in [1.29, 1.82) is 0 Å². The minimum atomic E-state index is -3.76. The SMILES string of the molecule is CON(C)S(=O)(=O)c1ccc(C(=O)N(C)CC(=O)NC(C)C)cc1. The predicted molar refractivity (Wildman–Crippen MR) is 88.6 cm³/mol. The molecule has 2 amide bonds. The van der Waals surface area contributed by atoms with Crippen LogP contribution in [0.5, 0.6) is 0 Å². The van der Waals surface area contributed by atoms with Gasteiger partial charge in [0.1, 0.15) is 0 Å². The van der Waals surface area contributed by atoms with Crippen LogP contribution in [0.1, 0.15) is 24.2 Å². The molecule has 1 aromatic carbocycles. The zero-order valence-corrected chi connectivity index (χ0v) is 15.3. The zero-order chi connectivity index (χ0) is 18.5. The first-order chi connectivity index (χ1) is 11.1. The van der Waals surface area contributed by atoms with Crippen LogP contribution in [0.3, 0.4) is 0 Å². The van der Waals surface area contributed by atoms with E-state index in [1.165, 1.54) is 50.4 Å². The maximum Gasteiger partial charge on any atom is 0.264 e. The fourth-order valence-corrected chi connectivity index (χ4v) is 2.86. The number of nitrogens with zero attached hydrogens (tertiary/aromatic N) is 2. The van der Waals surface area contributed by atoms with Crippen LogP contribution >= 0.6 is 0 Å². The molecule has 0 unspecified atom stereocenters. The van der Waals surface area contributed by atoms with Gasteiger partial charge in [-0.15, -0.1) is 0 Å². The summed E-state index contributed by atoms with van der Waals surface area (Å²) in [5.41, 5.74) is 0.286. The Labute approximate surface area is 142 Å². The van der Waals surface area contributed by atoms with Crippen LogP contribution in [0, 0.1) is 0 Å². The van der Waals surface area contributed by atoms with Crippen molar-refractivity contribution in [2.24, 2.45) is 0 Å². The molecule has 0 bridgehead atoms. The Balaban J connectivity index is 2.85. The second kappa shape index (κ2) is 8.22. The molecular weight excluding hydrogens is 334 g/mol. The molecule has 0 saturated heterocycles. The number of nitrogens with one attached hydrogen (secondary N) is 1. The molecule has 0 aliphatic rings. The second-order valence-corrected chi connectivity index (χ2v) is 7.44. The molecule has 0 fully saturated rings. The maximum absolute atomic E-state index is 12.3. The highest BCUT2D eigenvalue weighted by atomic mass is 32.2. The van der Waals surface area contributed by atoms with E-state index in [-0.39, 0.29) is 34.9 Å². The van der Waals surface area contributed by atoms with E-state index in [9.17, 15) is 18.0 Å². The van der Waals surface area contributed by atoms with E-state index in [1.807, 2.05) is 13.8 Å². The molecule has 134 valence electrons. The zero-order valence-electron chi connectivity index (χ0n) is 14.4. The topological polar surface area (TPSA) is 96.0 Å². The van der Waals surface area contributed by atoms with Crippen LogP contribution in [0.25, 0.3) is 0 Å². The normalized spacial score (nSPS) is 11.6. The summed E-state index contributed by atoms with van der Waals surface area (Å²) in [6, 6.07) is 5.43. The molecule has 0 aliphatic heterocycles. The summed E-state index contributed by atoms with van der Waals surface area (Å²) in [4.78, 5) is 29.9. The maximum atomic E-state index is 12.3. The quantitative estimate of drug-likeness (QED) is 0.716. The van der Waals surface area contributed by atoms with Gasteiger partial charge in [0, 0.05) is 25.7 Å². The van der Waals surface area contributed by atoms with Crippen molar-refractivity contribution in [2.75, 3.05) is 27.7 Å². The van der Waals surface area contributed by atoms with Gasteiger partial charge in [0.2, 0.25) is 5.91 Å². The van der Waals surface area contributed by atoms with Gasteiger partial charge in [-0.2, -0.15) is 0 Å². The van der Waals surface area contributed by atoms with Crippen LogP contribution in [0.4, 0.5) is 0 Å². The van der Waals surface area contributed by atoms with Crippen LogP contribution in [0.2, 0.25) is 0 Å². The van der Waals surface area contributed by atoms with Gasteiger partial charge in [0.05, 0.1) is 18.6 Å². The number of benzene rings is 1. The lowest BCUT2D eigenvalue weighted by atomic mass is 10.2. The Morgan fingerprint density at radius 2 is 1.71 bits per heavy atom. The molecule has 0 heterocycles. The van der Waals surface area contributed by atoms with E-state index in [4.69, 9.17) is 0 Å². The Morgan fingerprint density at radius 3 is 2.17 bits per heavy atom. The molecule has 0 spiro atoms. The number of carbonyl (C=O) groups excluding carboxylic acids is 2. The van der Waals surface area contributed by atoms with Crippen molar-refractivity contribution < 1.29 is 22.8 Å². The molecule has 1 N–H and O–H groups in total. The number of rotatable bonds is 7. The van der Waals surface area contributed by atoms with Gasteiger partial charge in [-0.25, -0.2) is 8.42 Å². The van der Waals surface area contributed by atoms with Crippen molar-refractivity contribution in [3.05, 3.63) is 29.8 Å². The fraction of sp³-hybridized carbons (Fsp3) is 0.467. The Kier molecular flexibility index (Phi) is 6.88. The van der Waals surface area contributed by atoms with Crippen molar-refractivity contribution >= 4 is 21.8 Å². The van der Waals surface area contributed by atoms with E-state index in [2.05, 4.69) is 10.2 Å². The molecule has 0 radical (unpaired) electrons. The predicted octanol–water partition coefficient (Wildman–Crippen LogP) is 0.465. The van der Waals surface area contributed by atoms with Crippen molar-refractivity contribution in [3.8, 4) is 0 Å². The van der Waals surface area contributed by atoms with Crippen LogP contribution < -0.4 is 5.32 Å². The lowest BCUT2D eigenvalue weighted by Crippen LogP contribution is -2.40. The Morgan fingerprint density at radius 1 is 1.17 bits per heavy atom.